The topological polar surface area (TPSA) is 93.2 Å². The monoisotopic (exact) mass is 390 g/mol. The van der Waals surface area contributed by atoms with Crippen molar-refractivity contribution in [3.05, 3.63) is 77.1 Å². The molecule has 0 saturated heterocycles. The number of aryl methyl sites for hydroxylation is 2. The van der Waals surface area contributed by atoms with Gasteiger partial charge in [0, 0.05) is 11.4 Å². The lowest BCUT2D eigenvalue weighted by Gasteiger charge is -2.12. The number of para-hydroxylation sites is 1. The second-order valence-corrected chi connectivity index (χ2v) is 6.43. The van der Waals surface area contributed by atoms with Crippen molar-refractivity contribution in [3.63, 3.8) is 0 Å². The summed E-state index contributed by atoms with van der Waals surface area (Å²) in [4.78, 5) is 33.4. The maximum Gasteiger partial charge on any atom is 0.340 e. The molecular formula is C22H22N4O3. The van der Waals surface area contributed by atoms with Gasteiger partial charge in [-0.15, -0.1) is 0 Å². The van der Waals surface area contributed by atoms with Crippen molar-refractivity contribution in [2.24, 2.45) is 0 Å². The first-order valence-electron chi connectivity index (χ1n) is 9.23. The molecule has 0 bridgehead atoms. The molecule has 0 aliphatic rings. The Labute approximate surface area is 169 Å². The van der Waals surface area contributed by atoms with Gasteiger partial charge in [-0.1, -0.05) is 29.8 Å². The third-order valence-corrected chi connectivity index (χ3v) is 4.07. The lowest BCUT2D eigenvalue weighted by molar-refractivity contribution is 0.0527. The maximum absolute atomic E-state index is 12.6. The largest absolute Gasteiger partial charge is 0.462 e. The van der Waals surface area contributed by atoms with E-state index in [-0.39, 0.29) is 24.2 Å². The number of carbonyl (C=O) groups is 2. The number of nitrogens with one attached hydrogen (secondary N) is 2. The molecule has 2 N–H and O–H groups in total. The summed E-state index contributed by atoms with van der Waals surface area (Å²) in [6.45, 7) is 5.77. The molecular weight excluding hydrogens is 368 g/mol. The SMILES string of the molecule is CCOC(=O)c1ccccc1Nc1nc(C)cc(C(=O)Nc2ccc(C)cc2)n1. The summed E-state index contributed by atoms with van der Waals surface area (Å²) in [5, 5.41) is 5.84. The number of ether oxygens (including phenoxy) is 1. The number of amides is 1. The van der Waals surface area contributed by atoms with Crippen LogP contribution in [0.2, 0.25) is 0 Å². The molecule has 0 fully saturated rings. The van der Waals surface area contributed by atoms with Crippen LogP contribution in [-0.2, 0) is 4.74 Å². The summed E-state index contributed by atoms with van der Waals surface area (Å²) in [5.74, 6) is -0.572. The smallest absolute Gasteiger partial charge is 0.340 e. The van der Waals surface area contributed by atoms with Crippen molar-refractivity contribution in [1.29, 1.82) is 0 Å². The van der Waals surface area contributed by atoms with Crippen LogP contribution in [0.15, 0.2) is 54.6 Å². The van der Waals surface area contributed by atoms with Gasteiger partial charge in [0.25, 0.3) is 5.91 Å². The van der Waals surface area contributed by atoms with Crippen molar-refractivity contribution in [3.8, 4) is 0 Å². The number of carbonyl (C=O) groups excluding carboxylic acids is 2. The zero-order valence-electron chi connectivity index (χ0n) is 16.5. The van der Waals surface area contributed by atoms with Crippen LogP contribution in [0.4, 0.5) is 17.3 Å². The summed E-state index contributed by atoms with van der Waals surface area (Å²) in [7, 11) is 0. The van der Waals surface area contributed by atoms with Gasteiger partial charge in [0.1, 0.15) is 5.69 Å². The molecule has 7 heteroatoms. The molecule has 0 aliphatic carbocycles. The molecule has 29 heavy (non-hydrogen) atoms. The van der Waals surface area contributed by atoms with Crippen LogP contribution in [-0.4, -0.2) is 28.5 Å². The number of hydrogen-bond acceptors (Lipinski definition) is 6. The lowest BCUT2D eigenvalue weighted by Crippen LogP contribution is -2.16. The maximum atomic E-state index is 12.6. The van der Waals surface area contributed by atoms with Gasteiger partial charge in [-0.3, -0.25) is 4.79 Å². The van der Waals surface area contributed by atoms with Crippen molar-refractivity contribution in [1.82, 2.24) is 9.97 Å². The standard InChI is InChI=1S/C22H22N4O3/c1-4-29-21(28)17-7-5-6-8-18(17)25-22-23-15(3)13-19(26-22)20(27)24-16-11-9-14(2)10-12-16/h5-13H,4H2,1-3H3,(H,24,27)(H,23,25,26). The van der Waals surface area contributed by atoms with E-state index in [0.717, 1.165) is 5.56 Å². The Bertz CT molecular complexity index is 1030. The third kappa shape index (κ3) is 5.16. The molecule has 0 unspecified atom stereocenters. The summed E-state index contributed by atoms with van der Waals surface area (Å²) in [6.07, 6.45) is 0. The van der Waals surface area contributed by atoms with Crippen molar-refractivity contribution in [2.45, 2.75) is 20.8 Å². The number of anilines is 3. The number of esters is 1. The highest BCUT2D eigenvalue weighted by Gasteiger charge is 2.15. The van der Waals surface area contributed by atoms with Crippen molar-refractivity contribution in [2.75, 3.05) is 17.2 Å². The number of benzene rings is 2. The Morgan fingerprint density at radius 1 is 1.00 bits per heavy atom. The fraction of sp³-hybridized carbons (Fsp3) is 0.182. The molecule has 3 aromatic rings. The van der Waals surface area contributed by atoms with Gasteiger partial charge in [0.15, 0.2) is 0 Å². The molecule has 1 aromatic heterocycles. The molecule has 1 heterocycles. The third-order valence-electron chi connectivity index (χ3n) is 4.07. The van der Waals surface area contributed by atoms with Crippen LogP contribution in [0.3, 0.4) is 0 Å². The van der Waals surface area contributed by atoms with Gasteiger partial charge < -0.3 is 15.4 Å². The summed E-state index contributed by atoms with van der Waals surface area (Å²) < 4.78 is 5.08. The van der Waals surface area contributed by atoms with Gasteiger partial charge in [0.2, 0.25) is 5.95 Å². The van der Waals surface area contributed by atoms with E-state index in [0.29, 0.717) is 22.6 Å². The first kappa shape index (κ1) is 20.0. The molecule has 0 atom stereocenters. The number of aromatic nitrogens is 2. The summed E-state index contributed by atoms with van der Waals surface area (Å²) in [6, 6.07) is 16.0. The van der Waals surface area contributed by atoms with Crippen LogP contribution in [0.5, 0.6) is 0 Å². The van der Waals surface area contributed by atoms with E-state index in [9.17, 15) is 9.59 Å². The van der Waals surface area contributed by atoms with E-state index < -0.39 is 5.97 Å². The predicted molar refractivity (Wildman–Crippen MR) is 112 cm³/mol. The van der Waals surface area contributed by atoms with Crippen LogP contribution >= 0.6 is 0 Å². The number of rotatable bonds is 6. The van der Waals surface area contributed by atoms with Gasteiger partial charge in [0.05, 0.1) is 17.9 Å². The van der Waals surface area contributed by atoms with Crippen molar-refractivity contribution < 1.29 is 14.3 Å². The van der Waals surface area contributed by atoms with Gasteiger partial charge in [-0.2, -0.15) is 0 Å². The van der Waals surface area contributed by atoms with E-state index in [1.807, 2.05) is 31.2 Å². The average molecular weight is 390 g/mol. The second-order valence-electron chi connectivity index (χ2n) is 6.43. The quantitative estimate of drug-likeness (QED) is 0.611. The van der Waals surface area contributed by atoms with E-state index in [4.69, 9.17) is 4.74 Å². The minimum Gasteiger partial charge on any atom is -0.462 e. The minimum absolute atomic E-state index is 0.217. The molecule has 3 rings (SSSR count). The average Bonchev–Trinajstić information content (AvgIpc) is 2.70. The second kappa shape index (κ2) is 8.97. The highest BCUT2D eigenvalue weighted by molar-refractivity contribution is 6.03. The summed E-state index contributed by atoms with van der Waals surface area (Å²) in [5.41, 5.74) is 3.48. The molecule has 7 nitrogen and oxygen atoms in total. The lowest BCUT2D eigenvalue weighted by atomic mass is 10.2. The van der Waals surface area contributed by atoms with Crippen LogP contribution in [0, 0.1) is 13.8 Å². The van der Waals surface area contributed by atoms with Crippen LogP contribution in [0.1, 0.15) is 39.0 Å². The van der Waals surface area contributed by atoms with Crippen LogP contribution in [0.25, 0.3) is 0 Å². The van der Waals surface area contributed by atoms with E-state index in [2.05, 4.69) is 20.6 Å². The van der Waals surface area contributed by atoms with E-state index in [1.54, 1.807) is 44.2 Å². The van der Waals surface area contributed by atoms with E-state index >= 15 is 0 Å². The zero-order chi connectivity index (χ0) is 20.8. The molecule has 0 radical (unpaired) electrons. The van der Waals surface area contributed by atoms with Gasteiger partial charge in [-0.05, 0) is 51.1 Å². The fourth-order valence-electron chi connectivity index (χ4n) is 2.67. The first-order valence-corrected chi connectivity index (χ1v) is 9.23. The Morgan fingerprint density at radius 3 is 2.45 bits per heavy atom. The Kier molecular flexibility index (Phi) is 6.19. The molecule has 0 saturated carbocycles. The minimum atomic E-state index is -0.444. The van der Waals surface area contributed by atoms with Gasteiger partial charge in [-0.25, -0.2) is 14.8 Å². The molecule has 1 amide bonds. The van der Waals surface area contributed by atoms with Gasteiger partial charge >= 0.3 is 5.97 Å². The molecule has 0 spiro atoms. The first-order chi connectivity index (χ1) is 14.0. The Balaban J connectivity index is 1.84. The normalized spacial score (nSPS) is 10.3. The Hall–Kier alpha value is -3.74. The predicted octanol–water partition coefficient (Wildman–Crippen LogP) is 4.27. The molecule has 0 aliphatic heterocycles. The highest BCUT2D eigenvalue weighted by atomic mass is 16.5. The number of hydrogen-bond donors (Lipinski definition) is 2. The molecule has 148 valence electrons. The molecule has 2 aromatic carbocycles. The summed E-state index contributed by atoms with van der Waals surface area (Å²) >= 11 is 0. The fourth-order valence-corrected chi connectivity index (χ4v) is 2.67. The highest BCUT2D eigenvalue weighted by Crippen LogP contribution is 2.20. The van der Waals surface area contributed by atoms with Crippen LogP contribution < -0.4 is 10.6 Å². The van der Waals surface area contributed by atoms with E-state index in [1.165, 1.54) is 0 Å². The zero-order valence-corrected chi connectivity index (χ0v) is 16.5. The van der Waals surface area contributed by atoms with Crippen molar-refractivity contribution >= 4 is 29.2 Å². The number of nitrogens with zero attached hydrogens (tertiary/aromatic N) is 2. The Morgan fingerprint density at radius 2 is 1.72 bits per heavy atom.